The average Bonchev–Trinajstić information content (AvgIpc) is 2.54. The standard InChI is InChI=1S/C19H21F3N2O/c1-12-3-7-15(8-4-12)17(23)18(25)24-13(2)11-14-5-9-16(10-6-14)19(20,21)22/h3-10,13,17H,11,23H2,1-2H3,(H,24,25). The van der Waals surface area contributed by atoms with Crippen LogP contribution < -0.4 is 11.1 Å². The van der Waals surface area contributed by atoms with Crippen molar-refractivity contribution in [1.29, 1.82) is 0 Å². The molecule has 0 bridgehead atoms. The lowest BCUT2D eigenvalue weighted by Crippen LogP contribution is -2.40. The first kappa shape index (κ1) is 19.0. The number of carbonyl (C=O) groups excluding carboxylic acids is 1. The molecular weight excluding hydrogens is 329 g/mol. The van der Waals surface area contributed by atoms with Crippen LogP contribution in [0.1, 0.15) is 35.2 Å². The summed E-state index contributed by atoms with van der Waals surface area (Å²) < 4.78 is 37.7. The predicted molar refractivity (Wildman–Crippen MR) is 90.9 cm³/mol. The van der Waals surface area contributed by atoms with Crippen molar-refractivity contribution in [1.82, 2.24) is 5.32 Å². The molecule has 0 radical (unpaired) electrons. The average molecular weight is 350 g/mol. The summed E-state index contributed by atoms with van der Waals surface area (Å²) in [6.45, 7) is 3.74. The molecule has 0 fully saturated rings. The van der Waals surface area contributed by atoms with E-state index in [0.29, 0.717) is 17.5 Å². The Bertz CT molecular complexity index is 709. The molecule has 134 valence electrons. The summed E-state index contributed by atoms with van der Waals surface area (Å²) in [5.74, 6) is -0.316. The van der Waals surface area contributed by atoms with Crippen LogP contribution >= 0.6 is 0 Å². The third-order valence-corrected chi connectivity index (χ3v) is 3.93. The fourth-order valence-electron chi connectivity index (χ4n) is 2.49. The Morgan fingerprint density at radius 2 is 1.64 bits per heavy atom. The van der Waals surface area contributed by atoms with E-state index in [0.717, 1.165) is 17.7 Å². The van der Waals surface area contributed by atoms with E-state index in [1.807, 2.05) is 19.1 Å². The normalized spacial score (nSPS) is 14.0. The summed E-state index contributed by atoms with van der Waals surface area (Å²) >= 11 is 0. The van der Waals surface area contributed by atoms with Crippen molar-refractivity contribution in [2.75, 3.05) is 0 Å². The third kappa shape index (κ3) is 5.32. The minimum Gasteiger partial charge on any atom is -0.352 e. The molecule has 0 aromatic heterocycles. The van der Waals surface area contributed by atoms with Gasteiger partial charge in [-0.3, -0.25) is 4.79 Å². The Hall–Kier alpha value is -2.34. The summed E-state index contributed by atoms with van der Waals surface area (Å²) in [5.41, 5.74) is 7.78. The molecule has 0 aliphatic carbocycles. The van der Waals surface area contributed by atoms with Gasteiger partial charge in [0.2, 0.25) is 5.91 Å². The fraction of sp³-hybridized carbons (Fsp3) is 0.316. The molecule has 2 unspecified atom stereocenters. The number of nitrogens with two attached hydrogens (primary N) is 1. The van der Waals surface area contributed by atoms with Crippen LogP contribution in [0.25, 0.3) is 0 Å². The van der Waals surface area contributed by atoms with Gasteiger partial charge < -0.3 is 11.1 Å². The van der Waals surface area contributed by atoms with E-state index in [1.165, 1.54) is 12.1 Å². The summed E-state index contributed by atoms with van der Waals surface area (Å²) in [7, 11) is 0. The predicted octanol–water partition coefficient (Wildman–Crippen LogP) is 3.76. The Morgan fingerprint density at radius 1 is 1.08 bits per heavy atom. The Balaban J connectivity index is 1.93. The van der Waals surface area contributed by atoms with Crippen molar-refractivity contribution in [3.8, 4) is 0 Å². The maximum atomic E-state index is 12.6. The van der Waals surface area contributed by atoms with Crippen LogP contribution in [-0.2, 0) is 17.4 Å². The molecule has 0 saturated heterocycles. The number of hydrogen-bond acceptors (Lipinski definition) is 2. The zero-order chi connectivity index (χ0) is 18.6. The second-order valence-electron chi connectivity index (χ2n) is 6.20. The third-order valence-electron chi connectivity index (χ3n) is 3.93. The van der Waals surface area contributed by atoms with E-state index in [2.05, 4.69) is 5.32 Å². The van der Waals surface area contributed by atoms with Crippen LogP contribution in [0, 0.1) is 6.92 Å². The lowest BCUT2D eigenvalue weighted by atomic mass is 10.0. The topological polar surface area (TPSA) is 55.1 Å². The number of aryl methyl sites for hydroxylation is 1. The largest absolute Gasteiger partial charge is 0.416 e. The van der Waals surface area contributed by atoms with E-state index in [9.17, 15) is 18.0 Å². The van der Waals surface area contributed by atoms with Gasteiger partial charge in [-0.15, -0.1) is 0 Å². The smallest absolute Gasteiger partial charge is 0.352 e. The molecule has 0 aliphatic heterocycles. The van der Waals surface area contributed by atoms with E-state index < -0.39 is 17.8 Å². The SMILES string of the molecule is Cc1ccc(C(N)C(=O)NC(C)Cc2ccc(C(F)(F)F)cc2)cc1. The molecule has 1 amide bonds. The highest BCUT2D eigenvalue weighted by Gasteiger charge is 2.30. The van der Waals surface area contributed by atoms with Gasteiger partial charge in [0, 0.05) is 6.04 Å². The van der Waals surface area contributed by atoms with E-state index >= 15 is 0 Å². The van der Waals surface area contributed by atoms with Crippen molar-refractivity contribution in [3.63, 3.8) is 0 Å². The summed E-state index contributed by atoms with van der Waals surface area (Å²) in [5, 5.41) is 2.80. The van der Waals surface area contributed by atoms with Crippen molar-refractivity contribution >= 4 is 5.91 Å². The van der Waals surface area contributed by atoms with Gasteiger partial charge >= 0.3 is 6.18 Å². The van der Waals surface area contributed by atoms with Gasteiger partial charge in [-0.1, -0.05) is 42.0 Å². The monoisotopic (exact) mass is 350 g/mol. The lowest BCUT2D eigenvalue weighted by molar-refractivity contribution is -0.137. The van der Waals surface area contributed by atoms with Crippen LogP contribution in [0.5, 0.6) is 0 Å². The highest BCUT2D eigenvalue weighted by Crippen LogP contribution is 2.29. The molecule has 6 heteroatoms. The summed E-state index contributed by atoms with van der Waals surface area (Å²) in [6.07, 6.45) is -3.93. The fourth-order valence-corrected chi connectivity index (χ4v) is 2.49. The van der Waals surface area contributed by atoms with Crippen LogP contribution in [0.4, 0.5) is 13.2 Å². The number of halogens is 3. The van der Waals surface area contributed by atoms with Gasteiger partial charge in [-0.25, -0.2) is 0 Å². The molecule has 0 heterocycles. The Kier molecular flexibility index (Phi) is 5.85. The van der Waals surface area contributed by atoms with Crippen LogP contribution in [0.15, 0.2) is 48.5 Å². The number of rotatable bonds is 5. The number of carbonyl (C=O) groups is 1. The number of benzene rings is 2. The minimum absolute atomic E-state index is 0.249. The van der Waals surface area contributed by atoms with Gasteiger partial charge in [0.25, 0.3) is 0 Å². The number of alkyl halides is 3. The van der Waals surface area contributed by atoms with E-state index in [4.69, 9.17) is 5.73 Å². The molecule has 2 atom stereocenters. The summed E-state index contributed by atoms with van der Waals surface area (Å²) in [4.78, 5) is 12.2. The molecule has 3 nitrogen and oxygen atoms in total. The number of nitrogens with one attached hydrogen (secondary N) is 1. The first-order chi connectivity index (χ1) is 11.7. The zero-order valence-corrected chi connectivity index (χ0v) is 14.1. The Morgan fingerprint density at radius 3 is 2.16 bits per heavy atom. The van der Waals surface area contributed by atoms with Gasteiger partial charge in [0.05, 0.1) is 5.56 Å². The van der Waals surface area contributed by atoms with Crippen molar-refractivity contribution in [2.24, 2.45) is 5.73 Å². The molecule has 3 N–H and O–H groups in total. The maximum Gasteiger partial charge on any atom is 0.416 e. The molecule has 2 rings (SSSR count). The first-order valence-corrected chi connectivity index (χ1v) is 7.95. The summed E-state index contributed by atoms with van der Waals surface area (Å²) in [6, 6.07) is 11.3. The van der Waals surface area contributed by atoms with Crippen LogP contribution in [0.3, 0.4) is 0 Å². The van der Waals surface area contributed by atoms with Crippen LogP contribution in [0.2, 0.25) is 0 Å². The molecular formula is C19H21F3N2O. The minimum atomic E-state index is -4.35. The van der Waals surface area contributed by atoms with E-state index in [1.54, 1.807) is 19.1 Å². The highest BCUT2D eigenvalue weighted by atomic mass is 19.4. The second kappa shape index (κ2) is 7.70. The van der Waals surface area contributed by atoms with Gasteiger partial charge in [-0.2, -0.15) is 13.2 Å². The molecule has 2 aromatic carbocycles. The quantitative estimate of drug-likeness (QED) is 0.863. The van der Waals surface area contributed by atoms with Crippen molar-refractivity contribution in [2.45, 2.75) is 38.5 Å². The zero-order valence-electron chi connectivity index (χ0n) is 14.1. The van der Waals surface area contributed by atoms with Crippen molar-refractivity contribution in [3.05, 3.63) is 70.8 Å². The Labute approximate surface area is 145 Å². The number of amides is 1. The van der Waals surface area contributed by atoms with Gasteiger partial charge in [-0.05, 0) is 43.5 Å². The maximum absolute atomic E-state index is 12.6. The van der Waals surface area contributed by atoms with Gasteiger partial charge in [0.15, 0.2) is 0 Å². The molecule has 0 spiro atoms. The van der Waals surface area contributed by atoms with E-state index in [-0.39, 0.29) is 11.9 Å². The second-order valence-corrected chi connectivity index (χ2v) is 6.20. The highest BCUT2D eigenvalue weighted by molar-refractivity contribution is 5.83. The molecule has 0 saturated carbocycles. The van der Waals surface area contributed by atoms with Gasteiger partial charge in [0.1, 0.15) is 6.04 Å². The lowest BCUT2D eigenvalue weighted by Gasteiger charge is -2.18. The number of hydrogen-bond donors (Lipinski definition) is 2. The van der Waals surface area contributed by atoms with Crippen molar-refractivity contribution < 1.29 is 18.0 Å². The molecule has 2 aromatic rings. The van der Waals surface area contributed by atoms with Crippen LogP contribution in [-0.4, -0.2) is 11.9 Å². The first-order valence-electron chi connectivity index (χ1n) is 7.95. The molecule has 0 aliphatic rings. The molecule has 25 heavy (non-hydrogen) atoms.